The number of hydrogen-bond acceptors (Lipinski definition) is 2. The number of Topliss-reactive ketones (excluding diaryl/α,β-unsaturated/α-hetero) is 1. The number of alkyl halides is 3. The zero-order valence-corrected chi connectivity index (χ0v) is 7.44. The molecular weight excluding hydrogens is 214 g/mol. The summed E-state index contributed by atoms with van der Waals surface area (Å²) in [4.78, 5) is 10.6. The quantitative estimate of drug-likeness (QED) is 0.613. The molecule has 0 saturated heterocycles. The average molecular weight is 221 g/mol. The third-order valence-electron chi connectivity index (χ3n) is 1.81. The summed E-state index contributed by atoms with van der Waals surface area (Å²) in [5.74, 6) is -2.92. The van der Waals surface area contributed by atoms with E-state index >= 15 is 0 Å². The fraction of sp³-hybridized carbons (Fsp3) is 0.222. The van der Waals surface area contributed by atoms with Crippen molar-refractivity contribution in [3.8, 4) is 0 Å². The molecule has 1 aromatic carbocycles. The number of anilines is 1. The summed E-state index contributed by atoms with van der Waals surface area (Å²) in [6.45, 7) is 0. The zero-order chi connectivity index (χ0) is 11.6. The second-order valence-corrected chi connectivity index (χ2v) is 2.91. The first-order valence-electron chi connectivity index (χ1n) is 3.95. The van der Waals surface area contributed by atoms with Gasteiger partial charge in [-0.05, 0) is 12.1 Å². The van der Waals surface area contributed by atoms with Gasteiger partial charge in [0.05, 0.1) is 0 Å². The van der Waals surface area contributed by atoms with Gasteiger partial charge in [-0.1, -0.05) is 6.07 Å². The predicted molar refractivity (Wildman–Crippen MR) is 45.6 cm³/mol. The van der Waals surface area contributed by atoms with Crippen molar-refractivity contribution in [3.05, 3.63) is 29.6 Å². The van der Waals surface area contributed by atoms with Crippen LogP contribution in [-0.2, 0) is 11.2 Å². The molecule has 6 heteroatoms. The average Bonchev–Trinajstić information content (AvgIpc) is 2.09. The van der Waals surface area contributed by atoms with E-state index in [0.29, 0.717) is 0 Å². The van der Waals surface area contributed by atoms with Gasteiger partial charge < -0.3 is 5.73 Å². The number of nitrogen functional groups attached to an aromatic ring is 1. The van der Waals surface area contributed by atoms with Crippen molar-refractivity contribution in [3.63, 3.8) is 0 Å². The Hall–Kier alpha value is -1.59. The van der Waals surface area contributed by atoms with E-state index < -0.39 is 29.8 Å². The second-order valence-electron chi connectivity index (χ2n) is 2.91. The highest BCUT2D eigenvalue weighted by molar-refractivity contribution is 5.87. The molecule has 0 aliphatic heterocycles. The number of carbonyl (C=O) groups excluding carboxylic acids is 1. The first-order chi connectivity index (χ1) is 6.82. The van der Waals surface area contributed by atoms with Gasteiger partial charge in [0.25, 0.3) is 0 Å². The van der Waals surface area contributed by atoms with Gasteiger partial charge in [-0.25, -0.2) is 4.39 Å². The minimum Gasteiger partial charge on any atom is -0.398 e. The highest BCUT2D eigenvalue weighted by atomic mass is 19.4. The van der Waals surface area contributed by atoms with Crippen LogP contribution in [0.2, 0.25) is 0 Å². The van der Waals surface area contributed by atoms with Crippen LogP contribution in [0.1, 0.15) is 5.56 Å². The van der Waals surface area contributed by atoms with E-state index in [-0.39, 0.29) is 5.69 Å². The lowest BCUT2D eigenvalue weighted by Gasteiger charge is -2.08. The van der Waals surface area contributed by atoms with Gasteiger partial charge in [-0.15, -0.1) is 0 Å². The fourth-order valence-electron chi connectivity index (χ4n) is 1.02. The van der Waals surface area contributed by atoms with Crippen LogP contribution >= 0.6 is 0 Å². The predicted octanol–water partition coefficient (Wildman–Crippen LogP) is 2.08. The lowest BCUT2D eigenvalue weighted by Crippen LogP contribution is -2.25. The Morgan fingerprint density at radius 1 is 1.33 bits per heavy atom. The molecule has 15 heavy (non-hydrogen) atoms. The number of rotatable bonds is 2. The van der Waals surface area contributed by atoms with Gasteiger partial charge >= 0.3 is 6.18 Å². The van der Waals surface area contributed by atoms with Crippen molar-refractivity contribution in [1.82, 2.24) is 0 Å². The van der Waals surface area contributed by atoms with Crippen molar-refractivity contribution in [2.75, 3.05) is 5.73 Å². The Bertz CT molecular complexity index is 366. The smallest absolute Gasteiger partial charge is 0.398 e. The first-order valence-corrected chi connectivity index (χ1v) is 3.95. The minimum atomic E-state index is -4.96. The highest BCUT2D eigenvalue weighted by Crippen LogP contribution is 2.22. The van der Waals surface area contributed by atoms with Crippen LogP contribution < -0.4 is 5.73 Å². The van der Waals surface area contributed by atoms with Crippen LogP contribution in [0.5, 0.6) is 0 Å². The Balaban J connectivity index is 2.95. The van der Waals surface area contributed by atoms with E-state index in [1.54, 1.807) is 0 Å². The molecule has 0 bridgehead atoms. The molecule has 82 valence electrons. The van der Waals surface area contributed by atoms with E-state index in [1.807, 2.05) is 0 Å². The Morgan fingerprint density at radius 3 is 2.40 bits per heavy atom. The molecular formula is C9H7F4NO. The van der Waals surface area contributed by atoms with Gasteiger partial charge in [0, 0.05) is 17.7 Å². The van der Waals surface area contributed by atoms with Crippen molar-refractivity contribution < 1.29 is 22.4 Å². The van der Waals surface area contributed by atoms with Crippen molar-refractivity contribution in [2.24, 2.45) is 0 Å². The fourth-order valence-corrected chi connectivity index (χ4v) is 1.02. The summed E-state index contributed by atoms with van der Waals surface area (Å²) in [6, 6.07) is 3.45. The van der Waals surface area contributed by atoms with Crippen LogP contribution in [0, 0.1) is 5.82 Å². The lowest BCUT2D eigenvalue weighted by molar-refractivity contribution is -0.170. The Kier molecular flexibility index (Phi) is 2.97. The largest absolute Gasteiger partial charge is 0.450 e. The second kappa shape index (κ2) is 3.88. The summed E-state index contributed by atoms with van der Waals surface area (Å²) in [6.07, 6.45) is -6.03. The van der Waals surface area contributed by atoms with Crippen molar-refractivity contribution >= 4 is 11.5 Å². The summed E-state index contributed by atoms with van der Waals surface area (Å²) in [5, 5.41) is 0. The van der Waals surface area contributed by atoms with E-state index in [1.165, 1.54) is 12.1 Å². The molecule has 0 aliphatic carbocycles. The number of hydrogen-bond donors (Lipinski definition) is 1. The monoisotopic (exact) mass is 221 g/mol. The third kappa shape index (κ3) is 2.68. The molecule has 0 aliphatic rings. The maximum atomic E-state index is 13.0. The molecule has 0 aromatic heterocycles. The maximum Gasteiger partial charge on any atom is 0.450 e. The summed E-state index contributed by atoms with van der Waals surface area (Å²) in [5.41, 5.74) is 4.68. The number of benzene rings is 1. The topological polar surface area (TPSA) is 43.1 Å². The number of carbonyl (C=O) groups is 1. The molecule has 0 radical (unpaired) electrons. The molecule has 2 nitrogen and oxygen atoms in total. The molecule has 0 heterocycles. The van der Waals surface area contributed by atoms with Gasteiger partial charge in [-0.3, -0.25) is 4.79 Å². The minimum absolute atomic E-state index is 0.160. The van der Waals surface area contributed by atoms with Crippen LogP contribution in [0.3, 0.4) is 0 Å². The van der Waals surface area contributed by atoms with Crippen LogP contribution in [-0.4, -0.2) is 12.0 Å². The van der Waals surface area contributed by atoms with Crippen molar-refractivity contribution in [2.45, 2.75) is 12.6 Å². The van der Waals surface area contributed by atoms with E-state index in [2.05, 4.69) is 0 Å². The summed E-state index contributed by atoms with van der Waals surface area (Å²) in [7, 11) is 0. The normalized spacial score (nSPS) is 11.5. The number of nitrogens with two attached hydrogens (primary N) is 1. The highest BCUT2D eigenvalue weighted by Gasteiger charge is 2.38. The summed E-state index contributed by atoms with van der Waals surface area (Å²) < 4.78 is 48.7. The molecule has 0 saturated carbocycles. The van der Waals surface area contributed by atoms with E-state index in [4.69, 9.17) is 5.73 Å². The molecule has 0 unspecified atom stereocenters. The van der Waals surface area contributed by atoms with Crippen LogP contribution in [0.4, 0.5) is 23.2 Å². The molecule has 0 fully saturated rings. The standard InChI is InChI=1S/C9H7F4NO/c10-6-2-1-3-7(14)5(6)4-8(15)9(11,12)13/h1-3H,4,14H2. The van der Waals surface area contributed by atoms with Crippen LogP contribution in [0.25, 0.3) is 0 Å². The van der Waals surface area contributed by atoms with Crippen LogP contribution in [0.15, 0.2) is 18.2 Å². The van der Waals surface area contributed by atoms with E-state index in [0.717, 1.165) is 6.07 Å². The molecule has 0 amide bonds. The van der Waals surface area contributed by atoms with Gasteiger partial charge in [0.15, 0.2) is 0 Å². The number of halogens is 4. The Morgan fingerprint density at radius 2 is 1.93 bits per heavy atom. The molecule has 0 spiro atoms. The van der Waals surface area contributed by atoms with Gasteiger partial charge in [-0.2, -0.15) is 13.2 Å². The Labute approximate surface area is 82.7 Å². The van der Waals surface area contributed by atoms with E-state index in [9.17, 15) is 22.4 Å². The molecule has 1 aromatic rings. The molecule has 1 rings (SSSR count). The van der Waals surface area contributed by atoms with Crippen molar-refractivity contribution in [1.29, 1.82) is 0 Å². The number of ketones is 1. The SMILES string of the molecule is Nc1cccc(F)c1CC(=O)C(F)(F)F. The zero-order valence-electron chi connectivity index (χ0n) is 7.44. The van der Waals surface area contributed by atoms with Gasteiger partial charge in [0.2, 0.25) is 5.78 Å². The molecule has 0 atom stereocenters. The van der Waals surface area contributed by atoms with Gasteiger partial charge in [0.1, 0.15) is 5.82 Å². The summed E-state index contributed by atoms with van der Waals surface area (Å²) >= 11 is 0. The first kappa shape index (κ1) is 11.5. The maximum absolute atomic E-state index is 13.0. The molecule has 2 N–H and O–H groups in total. The lowest BCUT2D eigenvalue weighted by atomic mass is 10.1. The third-order valence-corrected chi connectivity index (χ3v) is 1.81.